The second-order valence-corrected chi connectivity index (χ2v) is 5.08. The van der Waals surface area contributed by atoms with Crippen LogP contribution in [0.2, 0.25) is 0 Å². The predicted molar refractivity (Wildman–Crippen MR) is 58.1 cm³/mol. The van der Waals surface area contributed by atoms with Crippen LogP contribution in [0, 0.1) is 0 Å². The zero-order chi connectivity index (χ0) is 10.1. The highest BCUT2D eigenvalue weighted by atomic mass is 79.9. The van der Waals surface area contributed by atoms with Crippen molar-refractivity contribution in [2.75, 3.05) is 39.8 Å². The van der Waals surface area contributed by atoms with Crippen molar-refractivity contribution in [3.8, 4) is 0 Å². The largest absolute Gasteiger partial charge is 0.304 e. The van der Waals surface area contributed by atoms with E-state index in [4.69, 9.17) is 0 Å². The van der Waals surface area contributed by atoms with E-state index in [9.17, 15) is 4.79 Å². The molecule has 2 saturated heterocycles. The van der Waals surface area contributed by atoms with Crippen molar-refractivity contribution in [3.05, 3.63) is 0 Å². The number of hydrogen-bond acceptors (Lipinski definition) is 3. The summed E-state index contributed by atoms with van der Waals surface area (Å²) in [6, 6.07) is 0. The Bertz CT molecular complexity index is 228. The molecule has 0 aliphatic carbocycles. The second-order valence-electron chi connectivity index (χ2n) is 3.97. The molecular weight excluding hydrogens is 246 g/mol. The Labute approximate surface area is 92.9 Å². The third-order valence-electron chi connectivity index (χ3n) is 2.94. The average Bonchev–Trinajstić information content (AvgIpc) is 2.50. The second kappa shape index (κ2) is 4.16. The lowest BCUT2D eigenvalue weighted by molar-refractivity contribution is -0.145. The van der Waals surface area contributed by atoms with Crippen LogP contribution in [0.25, 0.3) is 0 Å². The van der Waals surface area contributed by atoms with Gasteiger partial charge in [-0.1, -0.05) is 15.9 Å². The smallest absolute Gasteiger partial charge is 0.250 e. The number of nitrogens with zero attached hydrogens (tertiary/aromatic N) is 3. The van der Waals surface area contributed by atoms with Gasteiger partial charge < -0.3 is 4.90 Å². The van der Waals surface area contributed by atoms with E-state index in [-0.39, 0.29) is 10.7 Å². The van der Waals surface area contributed by atoms with E-state index in [0.29, 0.717) is 0 Å². The van der Waals surface area contributed by atoms with Gasteiger partial charge in [0.15, 0.2) is 0 Å². The lowest BCUT2D eigenvalue weighted by atomic mass is 10.4. The Morgan fingerprint density at radius 3 is 2.36 bits per heavy atom. The number of rotatable bonds is 1. The fraction of sp³-hybridized carbons (Fsp3) is 0.889. The molecule has 14 heavy (non-hydrogen) atoms. The van der Waals surface area contributed by atoms with E-state index in [0.717, 1.165) is 39.1 Å². The standard InChI is InChI=1S/C9H16BrN3O/c1-11-4-6-12(7-5-11)13-3-2-8(10)9(13)14/h8H,2-7H2,1H3. The maximum atomic E-state index is 11.7. The SMILES string of the molecule is CN1CCN(N2CCC(Br)C2=O)CC1. The molecule has 1 amide bonds. The molecule has 2 fully saturated rings. The average molecular weight is 262 g/mol. The lowest BCUT2D eigenvalue weighted by Gasteiger charge is -2.37. The number of amides is 1. The highest BCUT2D eigenvalue weighted by Gasteiger charge is 2.34. The van der Waals surface area contributed by atoms with E-state index in [1.54, 1.807) is 0 Å². The van der Waals surface area contributed by atoms with Gasteiger partial charge in [-0.05, 0) is 13.5 Å². The first-order valence-electron chi connectivity index (χ1n) is 5.07. The van der Waals surface area contributed by atoms with Gasteiger partial charge in [0, 0.05) is 32.7 Å². The van der Waals surface area contributed by atoms with Crippen molar-refractivity contribution in [2.24, 2.45) is 0 Å². The van der Waals surface area contributed by atoms with Crippen molar-refractivity contribution in [1.82, 2.24) is 14.9 Å². The summed E-state index contributed by atoms with van der Waals surface area (Å²) < 4.78 is 0. The summed E-state index contributed by atoms with van der Waals surface area (Å²) in [5.41, 5.74) is 0. The summed E-state index contributed by atoms with van der Waals surface area (Å²) in [5.74, 6) is 0.231. The van der Waals surface area contributed by atoms with Crippen LogP contribution in [0.4, 0.5) is 0 Å². The minimum atomic E-state index is 0.0437. The van der Waals surface area contributed by atoms with Crippen molar-refractivity contribution in [3.63, 3.8) is 0 Å². The van der Waals surface area contributed by atoms with Gasteiger partial charge in [0.2, 0.25) is 0 Å². The van der Waals surface area contributed by atoms with Crippen LogP contribution < -0.4 is 0 Å². The van der Waals surface area contributed by atoms with Gasteiger partial charge >= 0.3 is 0 Å². The zero-order valence-corrected chi connectivity index (χ0v) is 10.0. The van der Waals surface area contributed by atoms with Gasteiger partial charge in [0.05, 0.1) is 4.83 Å². The fourth-order valence-electron chi connectivity index (χ4n) is 1.95. The molecule has 0 bridgehead atoms. The summed E-state index contributed by atoms with van der Waals surface area (Å²) in [6.07, 6.45) is 0.936. The molecule has 1 unspecified atom stereocenters. The molecule has 0 aromatic heterocycles. The first-order valence-corrected chi connectivity index (χ1v) is 5.99. The van der Waals surface area contributed by atoms with Gasteiger partial charge in [-0.2, -0.15) is 0 Å². The number of likely N-dealkylation sites (N-methyl/N-ethyl adjacent to an activating group) is 1. The number of carbonyl (C=O) groups excluding carboxylic acids is 1. The van der Waals surface area contributed by atoms with E-state index in [2.05, 4.69) is 32.9 Å². The third-order valence-corrected chi connectivity index (χ3v) is 3.79. The molecule has 0 saturated carbocycles. The van der Waals surface area contributed by atoms with Gasteiger partial charge in [-0.15, -0.1) is 0 Å². The van der Waals surface area contributed by atoms with Crippen LogP contribution in [-0.2, 0) is 4.79 Å². The molecule has 0 radical (unpaired) electrons. The van der Waals surface area contributed by atoms with Gasteiger partial charge in [0.1, 0.15) is 0 Å². The Morgan fingerprint density at radius 2 is 1.86 bits per heavy atom. The maximum Gasteiger partial charge on any atom is 0.250 e. The molecule has 0 spiro atoms. The van der Waals surface area contributed by atoms with E-state index >= 15 is 0 Å². The van der Waals surface area contributed by atoms with Crippen molar-refractivity contribution in [2.45, 2.75) is 11.2 Å². The zero-order valence-electron chi connectivity index (χ0n) is 8.45. The highest BCUT2D eigenvalue weighted by Crippen LogP contribution is 2.20. The number of carbonyl (C=O) groups is 1. The van der Waals surface area contributed by atoms with Crippen LogP contribution in [0.15, 0.2) is 0 Å². The minimum Gasteiger partial charge on any atom is -0.304 e. The molecule has 0 aromatic carbocycles. The van der Waals surface area contributed by atoms with E-state index in [1.165, 1.54) is 0 Å². The van der Waals surface area contributed by atoms with Gasteiger partial charge in [0.25, 0.3) is 5.91 Å². The third kappa shape index (κ3) is 1.94. The number of piperazine rings is 1. The number of hydrogen-bond donors (Lipinski definition) is 0. The predicted octanol–water partition coefficient (Wildman–Crippen LogP) is 0.145. The molecule has 2 aliphatic rings. The van der Waals surface area contributed by atoms with Gasteiger partial charge in [-0.25, -0.2) is 5.01 Å². The van der Waals surface area contributed by atoms with Crippen LogP contribution in [0.3, 0.4) is 0 Å². The first-order chi connectivity index (χ1) is 6.68. The van der Waals surface area contributed by atoms with Crippen LogP contribution in [-0.4, -0.2) is 65.4 Å². The Morgan fingerprint density at radius 1 is 1.21 bits per heavy atom. The van der Waals surface area contributed by atoms with E-state index < -0.39 is 0 Å². The molecule has 0 N–H and O–H groups in total. The summed E-state index contributed by atoms with van der Waals surface area (Å²) in [7, 11) is 2.12. The maximum absolute atomic E-state index is 11.7. The fourth-order valence-corrected chi connectivity index (χ4v) is 2.39. The molecule has 2 rings (SSSR count). The molecule has 80 valence electrons. The minimum absolute atomic E-state index is 0.0437. The van der Waals surface area contributed by atoms with Gasteiger partial charge in [-0.3, -0.25) is 9.80 Å². The summed E-state index contributed by atoms with van der Waals surface area (Å²) >= 11 is 3.39. The Kier molecular flexibility index (Phi) is 3.09. The number of halogens is 1. The van der Waals surface area contributed by atoms with Crippen molar-refractivity contribution < 1.29 is 4.79 Å². The molecule has 1 atom stereocenters. The van der Waals surface area contributed by atoms with Crippen molar-refractivity contribution >= 4 is 21.8 Å². The quantitative estimate of drug-likeness (QED) is 0.629. The van der Waals surface area contributed by atoms with Crippen LogP contribution >= 0.6 is 15.9 Å². The monoisotopic (exact) mass is 261 g/mol. The number of alkyl halides is 1. The molecule has 2 heterocycles. The molecular formula is C9H16BrN3O. The highest BCUT2D eigenvalue weighted by molar-refractivity contribution is 9.10. The summed E-state index contributed by atoms with van der Waals surface area (Å²) in [6.45, 7) is 4.93. The molecule has 2 aliphatic heterocycles. The van der Waals surface area contributed by atoms with Crippen LogP contribution in [0.5, 0.6) is 0 Å². The summed E-state index contributed by atoms with van der Waals surface area (Å²) in [5, 5.41) is 4.09. The first kappa shape index (κ1) is 10.4. The number of hydrazine groups is 1. The molecule has 5 heteroatoms. The topological polar surface area (TPSA) is 26.8 Å². The molecule has 0 aromatic rings. The Balaban J connectivity index is 1.93. The van der Waals surface area contributed by atoms with Crippen molar-refractivity contribution in [1.29, 1.82) is 0 Å². The normalized spacial score (nSPS) is 31.4. The lowest BCUT2D eigenvalue weighted by Crippen LogP contribution is -2.53. The Hall–Kier alpha value is -0.130. The van der Waals surface area contributed by atoms with Crippen LogP contribution in [0.1, 0.15) is 6.42 Å². The van der Waals surface area contributed by atoms with E-state index in [1.807, 2.05) is 5.01 Å². The molecule has 4 nitrogen and oxygen atoms in total. The summed E-state index contributed by atoms with van der Waals surface area (Å²) in [4.78, 5) is 14.0.